The molecule has 0 bridgehead atoms. The van der Waals surface area contributed by atoms with Crippen LogP contribution in [0.25, 0.3) is 0 Å². The molecule has 0 radical (unpaired) electrons. The van der Waals surface area contributed by atoms with Gasteiger partial charge in [0.25, 0.3) is 0 Å². The normalized spacial score (nSPS) is 24.5. The van der Waals surface area contributed by atoms with Gasteiger partial charge in [-0.05, 0) is 70.0 Å². The van der Waals surface area contributed by atoms with Gasteiger partial charge >= 0.3 is 6.09 Å². The minimum absolute atomic E-state index is 0.0993. The van der Waals surface area contributed by atoms with E-state index in [1.54, 1.807) is 16.7 Å². The first kappa shape index (κ1) is 27.8. The SMILES string of the molecule is CCSC(C)(C)[C@@H](NC(=O)OCC(C)C)C(=O)N1CCC[C@H]1C(=O)NC[C@H]1CC[C@H](N)CC1. The van der Waals surface area contributed by atoms with Gasteiger partial charge in [0.05, 0.1) is 6.61 Å². The maximum Gasteiger partial charge on any atom is 0.407 e. The molecule has 2 aliphatic rings. The van der Waals surface area contributed by atoms with Gasteiger partial charge in [-0.15, -0.1) is 0 Å². The number of nitrogens with zero attached hydrogens (tertiary/aromatic N) is 1. The third kappa shape index (κ3) is 8.35. The molecule has 1 saturated heterocycles. The number of rotatable bonds is 10. The summed E-state index contributed by atoms with van der Waals surface area (Å²) in [5.41, 5.74) is 5.98. The van der Waals surface area contributed by atoms with Crippen LogP contribution < -0.4 is 16.4 Å². The quantitative estimate of drug-likeness (QED) is 0.439. The fourth-order valence-electron chi connectivity index (χ4n) is 4.61. The number of nitrogens with one attached hydrogen (secondary N) is 2. The van der Waals surface area contributed by atoms with Crippen LogP contribution in [0.5, 0.6) is 0 Å². The number of likely N-dealkylation sites (tertiary alicyclic amines) is 1. The lowest BCUT2D eigenvalue weighted by molar-refractivity contribution is -0.140. The standard InChI is InChI=1S/C24H44N4O4S/c1-6-33-24(4,5)20(27-23(31)32-15-16(2)3)22(30)28-13-7-8-19(28)21(29)26-14-17-9-11-18(25)12-10-17/h16-20H,6-15,25H2,1-5H3,(H,26,29)(H,27,31)/t17-,18-,19-,20-/m0/s1. The van der Waals surface area contributed by atoms with Gasteiger partial charge in [-0.1, -0.05) is 20.8 Å². The minimum Gasteiger partial charge on any atom is -0.449 e. The van der Waals surface area contributed by atoms with E-state index in [0.717, 1.165) is 37.9 Å². The van der Waals surface area contributed by atoms with Crippen LogP contribution >= 0.6 is 11.8 Å². The van der Waals surface area contributed by atoms with Crippen molar-refractivity contribution >= 4 is 29.7 Å². The molecule has 33 heavy (non-hydrogen) atoms. The molecule has 0 aromatic carbocycles. The highest BCUT2D eigenvalue weighted by Crippen LogP contribution is 2.31. The summed E-state index contributed by atoms with van der Waals surface area (Å²) in [4.78, 5) is 40.8. The monoisotopic (exact) mass is 484 g/mol. The first-order chi connectivity index (χ1) is 15.5. The molecule has 1 aliphatic carbocycles. The summed E-state index contributed by atoms with van der Waals surface area (Å²) >= 11 is 1.61. The van der Waals surface area contributed by atoms with Crippen molar-refractivity contribution < 1.29 is 19.1 Å². The second kappa shape index (κ2) is 12.8. The molecule has 2 atom stereocenters. The molecule has 1 saturated carbocycles. The summed E-state index contributed by atoms with van der Waals surface area (Å²) in [5, 5.41) is 5.88. The molecule has 9 heteroatoms. The summed E-state index contributed by atoms with van der Waals surface area (Å²) in [6, 6.07) is -1.00. The van der Waals surface area contributed by atoms with Gasteiger partial charge in [-0.25, -0.2) is 4.79 Å². The molecule has 0 aromatic heterocycles. The van der Waals surface area contributed by atoms with Crippen molar-refractivity contribution in [2.24, 2.45) is 17.6 Å². The summed E-state index contributed by atoms with van der Waals surface area (Å²) in [6.07, 6.45) is 4.87. The van der Waals surface area contributed by atoms with Gasteiger partial charge in [0, 0.05) is 23.9 Å². The lowest BCUT2D eigenvalue weighted by Gasteiger charge is -2.37. The lowest BCUT2D eigenvalue weighted by Crippen LogP contribution is -2.60. The highest BCUT2D eigenvalue weighted by atomic mass is 32.2. The fourth-order valence-corrected chi connectivity index (χ4v) is 5.68. The highest BCUT2D eigenvalue weighted by Gasteiger charge is 2.44. The van der Waals surface area contributed by atoms with Crippen molar-refractivity contribution in [3.63, 3.8) is 0 Å². The molecule has 0 aromatic rings. The Morgan fingerprint density at radius 3 is 2.42 bits per heavy atom. The smallest absolute Gasteiger partial charge is 0.407 e. The second-order valence-corrected chi connectivity index (χ2v) is 12.2. The lowest BCUT2D eigenvalue weighted by atomic mass is 9.86. The molecule has 1 heterocycles. The molecule has 2 fully saturated rings. The summed E-state index contributed by atoms with van der Waals surface area (Å²) in [7, 11) is 0. The Bertz CT molecular complexity index is 665. The average Bonchev–Trinajstić information content (AvgIpc) is 3.25. The van der Waals surface area contributed by atoms with Crippen LogP contribution in [0.2, 0.25) is 0 Å². The van der Waals surface area contributed by atoms with Crippen LogP contribution in [0.1, 0.15) is 73.1 Å². The van der Waals surface area contributed by atoms with E-state index in [0.29, 0.717) is 25.4 Å². The van der Waals surface area contributed by atoms with Crippen LogP contribution in [0.15, 0.2) is 0 Å². The predicted octanol–water partition coefficient (Wildman–Crippen LogP) is 2.89. The molecule has 8 nitrogen and oxygen atoms in total. The van der Waals surface area contributed by atoms with E-state index in [1.165, 1.54) is 0 Å². The molecular formula is C24H44N4O4S. The van der Waals surface area contributed by atoms with Gasteiger partial charge < -0.3 is 26.0 Å². The summed E-state index contributed by atoms with van der Waals surface area (Å²) in [5.74, 6) is 1.13. The third-order valence-electron chi connectivity index (χ3n) is 6.56. The largest absolute Gasteiger partial charge is 0.449 e. The van der Waals surface area contributed by atoms with Crippen molar-refractivity contribution in [3.8, 4) is 0 Å². The number of carbonyl (C=O) groups is 3. The molecule has 0 unspecified atom stereocenters. The zero-order chi connectivity index (χ0) is 24.6. The summed E-state index contributed by atoms with van der Waals surface area (Å²) in [6.45, 7) is 11.3. The minimum atomic E-state index is -0.782. The zero-order valence-electron chi connectivity index (χ0n) is 21.0. The molecule has 1 aliphatic heterocycles. The number of ether oxygens (including phenoxy) is 1. The maximum absolute atomic E-state index is 13.6. The number of amides is 3. The first-order valence-corrected chi connectivity index (χ1v) is 13.4. The first-order valence-electron chi connectivity index (χ1n) is 12.5. The van der Waals surface area contributed by atoms with E-state index in [2.05, 4.69) is 10.6 Å². The van der Waals surface area contributed by atoms with E-state index < -0.39 is 22.9 Å². The number of alkyl carbamates (subject to hydrolysis) is 1. The van der Waals surface area contributed by atoms with Gasteiger partial charge in [0.15, 0.2) is 0 Å². The average molecular weight is 485 g/mol. The third-order valence-corrected chi connectivity index (χ3v) is 7.83. The van der Waals surface area contributed by atoms with E-state index in [1.807, 2.05) is 34.6 Å². The topological polar surface area (TPSA) is 114 Å². The number of nitrogens with two attached hydrogens (primary N) is 1. The molecule has 4 N–H and O–H groups in total. The van der Waals surface area contributed by atoms with E-state index in [4.69, 9.17) is 10.5 Å². The molecule has 0 spiro atoms. The number of hydrogen-bond donors (Lipinski definition) is 3. The fraction of sp³-hybridized carbons (Fsp3) is 0.875. The van der Waals surface area contributed by atoms with Crippen LogP contribution in [-0.2, 0) is 14.3 Å². The summed E-state index contributed by atoms with van der Waals surface area (Å²) < 4.78 is 4.74. The number of hydrogen-bond acceptors (Lipinski definition) is 6. The Morgan fingerprint density at radius 1 is 1.15 bits per heavy atom. The van der Waals surface area contributed by atoms with Gasteiger partial charge in [0.1, 0.15) is 12.1 Å². The molecular weight excluding hydrogens is 440 g/mol. The van der Waals surface area contributed by atoms with E-state index in [9.17, 15) is 14.4 Å². The maximum atomic E-state index is 13.6. The predicted molar refractivity (Wildman–Crippen MR) is 133 cm³/mol. The molecule has 2 rings (SSSR count). The van der Waals surface area contributed by atoms with E-state index >= 15 is 0 Å². The van der Waals surface area contributed by atoms with Crippen LogP contribution in [0, 0.1) is 11.8 Å². The van der Waals surface area contributed by atoms with Gasteiger partial charge in [0.2, 0.25) is 11.8 Å². The van der Waals surface area contributed by atoms with Crippen molar-refractivity contribution in [2.45, 2.75) is 96.0 Å². The van der Waals surface area contributed by atoms with Crippen molar-refractivity contribution in [2.75, 3.05) is 25.4 Å². The zero-order valence-corrected chi connectivity index (χ0v) is 21.8. The number of thioether (sulfide) groups is 1. The molecule has 190 valence electrons. The van der Waals surface area contributed by atoms with Crippen molar-refractivity contribution in [1.82, 2.24) is 15.5 Å². The van der Waals surface area contributed by atoms with Gasteiger partial charge in [-0.3, -0.25) is 9.59 Å². The number of carbonyl (C=O) groups excluding carboxylic acids is 3. The Hall–Kier alpha value is -1.48. The van der Waals surface area contributed by atoms with Crippen LogP contribution in [0.4, 0.5) is 4.79 Å². The Morgan fingerprint density at radius 2 is 1.82 bits per heavy atom. The van der Waals surface area contributed by atoms with Crippen LogP contribution in [-0.4, -0.2) is 71.1 Å². The van der Waals surface area contributed by atoms with Gasteiger partial charge in [-0.2, -0.15) is 11.8 Å². The van der Waals surface area contributed by atoms with Crippen molar-refractivity contribution in [1.29, 1.82) is 0 Å². The highest BCUT2D eigenvalue weighted by molar-refractivity contribution is 8.00. The van der Waals surface area contributed by atoms with E-state index in [-0.39, 0.29) is 30.4 Å². The Labute approximate surface area is 203 Å². The van der Waals surface area contributed by atoms with Crippen molar-refractivity contribution in [3.05, 3.63) is 0 Å². The Balaban J connectivity index is 2.04. The second-order valence-electron chi connectivity index (χ2n) is 10.3. The Kier molecular flexibility index (Phi) is 10.8. The molecule has 3 amide bonds. The van der Waals surface area contributed by atoms with Crippen LogP contribution in [0.3, 0.4) is 0 Å².